The van der Waals surface area contributed by atoms with Crippen LogP contribution in [0.5, 0.6) is 5.75 Å². The first-order valence-corrected chi connectivity index (χ1v) is 25.3. The summed E-state index contributed by atoms with van der Waals surface area (Å²) in [6.45, 7) is 7.42. The second kappa shape index (κ2) is 25.3. The molecule has 4 aliphatic carbocycles. The van der Waals surface area contributed by atoms with Crippen LogP contribution in [0.1, 0.15) is 124 Å². The molecule has 1 aliphatic heterocycles. The molecule has 5 fully saturated rings. The molecule has 21 heteroatoms. The van der Waals surface area contributed by atoms with E-state index in [9.17, 15) is 48.9 Å². The van der Waals surface area contributed by atoms with Crippen molar-refractivity contribution in [3.05, 3.63) is 29.8 Å². The molecule has 6 atom stereocenters. The van der Waals surface area contributed by atoms with Gasteiger partial charge in [0.1, 0.15) is 36.0 Å². The number of amides is 5. The summed E-state index contributed by atoms with van der Waals surface area (Å²) in [6, 6.07) is -1.71. The Hall–Kier alpha value is -5.38. The van der Waals surface area contributed by atoms with Crippen molar-refractivity contribution < 1.29 is 53.7 Å². The molecule has 5 amide bonds. The molecule has 396 valence electrons. The molecule has 71 heavy (non-hydrogen) atoms. The van der Waals surface area contributed by atoms with Crippen LogP contribution in [0.25, 0.3) is 0 Å². The number of guanidine groups is 1. The SMILES string of the molecule is CC(C)C[C@H](NC(=O)[C@@H](CO)N(OC(=O)[C@H](Cc1ccc(O)cc1)NC(=O)[C@H](CO)NC(=O)CC12CC3CC(CC(C3)C1)C2)C(C)(C)C)C(=O)N[C@@H](CCCN=C(N)N)C(=O)N1CCC[C@H]1C(=O)CCN. The Kier molecular flexibility index (Phi) is 20.2. The predicted octanol–water partition coefficient (Wildman–Crippen LogP) is 0.401. The van der Waals surface area contributed by atoms with Gasteiger partial charge in [-0.15, -0.1) is 5.06 Å². The van der Waals surface area contributed by atoms with E-state index < -0.39 is 84.6 Å². The van der Waals surface area contributed by atoms with Gasteiger partial charge in [0.05, 0.1) is 19.3 Å². The summed E-state index contributed by atoms with van der Waals surface area (Å²) in [6.07, 6.45) is 8.15. The number of likely N-dealkylation sites (tertiary alicyclic amines) is 1. The first kappa shape index (κ1) is 56.5. The lowest BCUT2D eigenvalue weighted by Crippen LogP contribution is -2.62. The molecule has 0 aromatic heterocycles. The second-order valence-corrected chi connectivity index (χ2v) is 21.8. The number of carbonyl (C=O) groups excluding carboxylic acids is 7. The first-order chi connectivity index (χ1) is 33.5. The minimum atomic E-state index is -1.61. The average molecular weight is 997 g/mol. The summed E-state index contributed by atoms with van der Waals surface area (Å²) >= 11 is 0. The van der Waals surface area contributed by atoms with Gasteiger partial charge in [0.25, 0.3) is 0 Å². The standard InChI is InChI=1S/C50H80N10O11/c1-29(2)18-36(43(66)56-35(8-6-16-54-48(52)53)46(69)59-17-7-9-39(59)41(64)14-15-51)57-45(68)40(28-62)60(49(3,4)5)71-47(70)37(22-30-10-12-34(63)13-11-30)58-44(67)38(27-61)55-42(65)26-50-23-31-19-32(24-50)21-33(20-31)25-50/h10-13,29,31-33,35-40,61-63H,6-9,14-28,51H2,1-5H3,(H,55,65)(H,56,66)(H,57,68)(H,58,67)(H4,52,53,54)/t31?,32?,33?,35-,36-,37-,38-,39-,40+,50?/m0/s1. The number of aliphatic hydroxyl groups is 2. The van der Waals surface area contributed by atoms with Crippen molar-refractivity contribution in [2.24, 2.45) is 51.3 Å². The molecule has 4 saturated carbocycles. The number of aliphatic hydroxyl groups excluding tert-OH is 2. The fourth-order valence-electron chi connectivity index (χ4n) is 11.6. The predicted molar refractivity (Wildman–Crippen MR) is 263 cm³/mol. The zero-order chi connectivity index (χ0) is 52.2. The van der Waals surface area contributed by atoms with Crippen LogP contribution in [-0.4, -0.2) is 147 Å². The van der Waals surface area contributed by atoms with E-state index in [0.717, 1.165) is 24.3 Å². The number of hydrogen-bond donors (Lipinski definition) is 10. The summed E-state index contributed by atoms with van der Waals surface area (Å²) < 4.78 is 0. The minimum Gasteiger partial charge on any atom is -0.508 e. The number of carbonyl (C=O) groups is 7. The maximum atomic E-state index is 14.4. The van der Waals surface area contributed by atoms with Crippen molar-refractivity contribution in [1.29, 1.82) is 0 Å². The summed E-state index contributed by atoms with van der Waals surface area (Å²) in [7, 11) is 0. The number of hydroxylamine groups is 2. The number of aliphatic imine (C=N–C) groups is 1. The molecule has 13 N–H and O–H groups in total. The number of Topliss-reactive ketones (excluding diaryl/α,β-unsaturated/α-hetero) is 1. The molecule has 1 aromatic rings. The third kappa shape index (κ3) is 15.8. The van der Waals surface area contributed by atoms with E-state index in [1.807, 2.05) is 13.8 Å². The molecule has 1 heterocycles. The summed E-state index contributed by atoms with van der Waals surface area (Å²) in [5, 5.41) is 43.0. The summed E-state index contributed by atoms with van der Waals surface area (Å²) in [5.41, 5.74) is 15.9. The molecule has 4 bridgehead atoms. The number of aromatic hydroxyl groups is 1. The third-order valence-corrected chi connectivity index (χ3v) is 14.3. The van der Waals surface area contributed by atoms with Crippen molar-refractivity contribution >= 4 is 47.2 Å². The fourth-order valence-corrected chi connectivity index (χ4v) is 11.6. The van der Waals surface area contributed by atoms with Gasteiger partial charge in [0.2, 0.25) is 29.5 Å². The normalized spacial score (nSPS) is 23.5. The topological polar surface area (TPSA) is 334 Å². The molecular formula is C50H80N10O11. The van der Waals surface area contributed by atoms with Gasteiger partial charge in [-0.25, -0.2) is 4.79 Å². The lowest BCUT2D eigenvalue weighted by Gasteiger charge is -2.56. The Morgan fingerprint density at radius 2 is 1.44 bits per heavy atom. The smallest absolute Gasteiger partial charge is 0.347 e. The number of nitrogens with zero attached hydrogens (tertiary/aromatic N) is 3. The number of hydrogen-bond acceptors (Lipinski definition) is 14. The number of phenols is 1. The Bertz CT molecular complexity index is 2020. The number of nitrogens with one attached hydrogen (secondary N) is 4. The van der Waals surface area contributed by atoms with Crippen molar-refractivity contribution in [3.8, 4) is 5.75 Å². The third-order valence-electron chi connectivity index (χ3n) is 14.3. The minimum absolute atomic E-state index is 0.0424. The van der Waals surface area contributed by atoms with Crippen LogP contribution in [0.4, 0.5) is 0 Å². The van der Waals surface area contributed by atoms with Gasteiger partial charge in [-0.05, 0) is 145 Å². The van der Waals surface area contributed by atoms with Gasteiger partial charge >= 0.3 is 5.97 Å². The van der Waals surface area contributed by atoms with Crippen molar-refractivity contribution in [2.75, 3.05) is 32.8 Å². The molecule has 6 rings (SSSR count). The zero-order valence-electron chi connectivity index (χ0n) is 42.2. The van der Waals surface area contributed by atoms with E-state index in [4.69, 9.17) is 22.0 Å². The van der Waals surface area contributed by atoms with Crippen LogP contribution in [0.3, 0.4) is 0 Å². The average Bonchev–Trinajstić information content (AvgIpc) is 3.78. The molecule has 0 radical (unpaired) electrons. The van der Waals surface area contributed by atoms with Gasteiger partial charge in [0, 0.05) is 37.9 Å². The van der Waals surface area contributed by atoms with E-state index in [1.165, 1.54) is 48.4 Å². The van der Waals surface area contributed by atoms with Crippen LogP contribution in [-0.2, 0) is 44.8 Å². The maximum absolute atomic E-state index is 14.4. The highest BCUT2D eigenvalue weighted by molar-refractivity contribution is 5.96. The molecule has 0 spiro atoms. The molecule has 21 nitrogen and oxygen atoms in total. The lowest BCUT2D eigenvalue weighted by atomic mass is 9.49. The van der Waals surface area contributed by atoms with Gasteiger partial charge in [-0.2, -0.15) is 0 Å². The molecule has 5 aliphatic rings. The van der Waals surface area contributed by atoms with Crippen molar-refractivity contribution in [2.45, 2.75) is 166 Å². The fraction of sp³-hybridized carbons (Fsp3) is 0.720. The quantitative estimate of drug-likeness (QED) is 0.0260. The second-order valence-electron chi connectivity index (χ2n) is 21.8. The number of ketones is 1. The Morgan fingerprint density at radius 1 is 0.845 bits per heavy atom. The van der Waals surface area contributed by atoms with Crippen molar-refractivity contribution in [1.82, 2.24) is 31.2 Å². The number of benzene rings is 1. The van der Waals surface area contributed by atoms with Crippen LogP contribution in [0.2, 0.25) is 0 Å². The van der Waals surface area contributed by atoms with Gasteiger partial charge in [0.15, 0.2) is 11.7 Å². The van der Waals surface area contributed by atoms with E-state index in [0.29, 0.717) is 42.7 Å². The largest absolute Gasteiger partial charge is 0.508 e. The Morgan fingerprint density at radius 3 is 1.99 bits per heavy atom. The van der Waals surface area contributed by atoms with Crippen LogP contribution < -0.4 is 38.5 Å². The number of rotatable bonds is 26. The van der Waals surface area contributed by atoms with E-state index in [2.05, 4.69) is 26.3 Å². The summed E-state index contributed by atoms with van der Waals surface area (Å²) in [5.74, 6) is -3.11. The van der Waals surface area contributed by atoms with Crippen LogP contribution >= 0.6 is 0 Å². The Balaban J connectivity index is 1.32. The van der Waals surface area contributed by atoms with E-state index in [1.54, 1.807) is 20.8 Å². The zero-order valence-corrected chi connectivity index (χ0v) is 42.2. The summed E-state index contributed by atoms with van der Waals surface area (Å²) in [4.78, 5) is 109. The monoisotopic (exact) mass is 997 g/mol. The van der Waals surface area contributed by atoms with Crippen LogP contribution in [0, 0.1) is 29.1 Å². The number of nitrogens with two attached hydrogens (primary N) is 3. The molecular weight excluding hydrogens is 917 g/mol. The first-order valence-electron chi connectivity index (χ1n) is 25.3. The highest BCUT2D eigenvalue weighted by atomic mass is 16.7. The highest BCUT2D eigenvalue weighted by Gasteiger charge is 2.52. The molecule has 0 unspecified atom stereocenters. The van der Waals surface area contributed by atoms with E-state index >= 15 is 0 Å². The number of phenolic OH excluding ortho intramolecular Hbond substituents is 1. The lowest BCUT2D eigenvalue weighted by molar-refractivity contribution is -0.235. The Labute approximate surface area is 417 Å². The molecule has 1 aromatic carbocycles. The van der Waals surface area contributed by atoms with Crippen LogP contribution in [0.15, 0.2) is 29.3 Å². The van der Waals surface area contributed by atoms with E-state index in [-0.39, 0.29) is 86.3 Å². The van der Waals surface area contributed by atoms with Gasteiger partial charge in [-0.1, -0.05) is 26.0 Å². The highest BCUT2D eigenvalue weighted by Crippen LogP contribution is 2.61. The van der Waals surface area contributed by atoms with Gasteiger partial charge < -0.3 is 63.5 Å². The van der Waals surface area contributed by atoms with Gasteiger partial charge in [-0.3, -0.25) is 33.8 Å². The maximum Gasteiger partial charge on any atom is 0.347 e. The van der Waals surface area contributed by atoms with Crippen molar-refractivity contribution in [3.63, 3.8) is 0 Å². The molecule has 1 saturated heterocycles.